The molecule has 2 aliphatic rings. The van der Waals surface area contributed by atoms with Gasteiger partial charge in [-0.2, -0.15) is 4.31 Å². The predicted octanol–water partition coefficient (Wildman–Crippen LogP) is 0.798. The Morgan fingerprint density at radius 2 is 1.94 bits per heavy atom. The van der Waals surface area contributed by atoms with Gasteiger partial charge in [0.15, 0.2) is 0 Å². The van der Waals surface area contributed by atoms with Crippen LogP contribution in [0.25, 0.3) is 0 Å². The maximum Gasteiger partial charge on any atom is 0.218 e. The SMILES string of the molecule is CC1CCC(C)N(S(=O)(=O)C2CCNC2)C1. The van der Waals surface area contributed by atoms with Gasteiger partial charge in [0.2, 0.25) is 10.0 Å². The van der Waals surface area contributed by atoms with Gasteiger partial charge in [-0.15, -0.1) is 0 Å². The molecule has 0 saturated carbocycles. The number of nitrogens with zero attached hydrogens (tertiary/aromatic N) is 1. The lowest BCUT2D eigenvalue weighted by Crippen LogP contribution is -2.49. The zero-order valence-electron chi connectivity index (χ0n) is 10.1. The quantitative estimate of drug-likeness (QED) is 0.784. The van der Waals surface area contributed by atoms with E-state index >= 15 is 0 Å². The summed E-state index contributed by atoms with van der Waals surface area (Å²) in [4.78, 5) is 0. The standard InChI is InChI=1S/C11H22N2O2S/c1-9-3-4-10(2)13(8-9)16(14,15)11-5-6-12-7-11/h9-12H,3-8H2,1-2H3. The van der Waals surface area contributed by atoms with Crippen molar-refractivity contribution < 1.29 is 8.42 Å². The minimum atomic E-state index is -3.07. The molecule has 16 heavy (non-hydrogen) atoms. The summed E-state index contributed by atoms with van der Waals surface area (Å²) >= 11 is 0. The highest BCUT2D eigenvalue weighted by molar-refractivity contribution is 7.89. The van der Waals surface area contributed by atoms with Crippen LogP contribution in [0, 0.1) is 5.92 Å². The topological polar surface area (TPSA) is 49.4 Å². The van der Waals surface area contributed by atoms with Crippen molar-refractivity contribution in [2.45, 2.75) is 44.4 Å². The van der Waals surface area contributed by atoms with Gasteiger partial charge in [-0.25, -0.2) is 8.42 Å². The van der Waals surface area contributed by atoms with Crippen LogP contribution in [0.1, 0.15) is 33.1 Å². The molecule has 0 bridgehead atoms. The first kappa shape index (κ1) is 12.3. The van der Waals surface area contributed by atoms with Crippen molar-refractivity contribution in [1.29, 1.82) is 0 Å². The number of nitrogens with one attached hydrogen (secondary N) is 1. The highest BCUT2D eigenvalue weighted by Crippen LogP contribution is 2.27. The van der Waals surface area contributed by atoms with Gasteiger partial charge in [0.25, 0.3) is 0 Å². The fourth-order valence-corrected chi connectivity index (χ4v) is 4.87. The van der Waals surface area contributed by atoms with E-state index < -0.39 is 10.0 Å². The number of piperidine rings is 1. The van der Waals surface area contributed by atoms with E-state index in [2.05, 4.69) is 12.2 Å². The average Bonchev–Trinajstić information content (AvgIpc) is 2.75. The van der Waals surface area contributed by atoms with E-state index in [1.165, 1.54) is 0 Å². The predicted molar refractivity (Wildman–Crippen MR) is 64.8 cm³/mol. The first-order chi connectivity index (χ1) is 7.51. The Kier molecular flexibility index (Phi) is 3.56. The molecule has 3 atom stereocenters. The van der Waals surface area contributed by atoms with Crippen LogP contribution in [-0.4, -0.2) is 43.6 Å². The van der Waals surface area contributed by atoms with E-state index in [4.69, 9.17) is 0 Å². The van der Waals surface area contributed by atoms with Crippen molar-refractivity contribution in [3.63, 3.8) is 0 Å². The Bertz CT molecular complexity index is 336. The number of sulfonamides is 1. The fraction of sp³-hybridized carbons (Fsp3) is 1.00. The Morgan fingerprint density at radius 1 is 1.19 bits per heavy atom. The van der Waals surface area contributed by atoms with E-state index in [0.717, 1.165) is 25.8 Å². The van der Waals surface area contributed by atoms with Crippen molar-refractivity contribution in [3.05, 3.63) is 0 Å². The summed E-state index contributed by atoms with van der Waals surface area (Å²) in [6.45, 7) is 6.34. The van der Waals surface area contributed by atoms with Gasteiger partial charge in [-0.1, -0.05) is 6.92 Å². The molecule has 0 radical (unpaired) electrons. The molecule has 2 fully saturated rings. The maximum absolute atomic E-state index is 12.4. The van der Waals surface area contributed by atoms with Gasteiger partial charge in [-0.05, 0) is 38.6 Å². The summed E-state index contributed by atoms with van der Waals surface area (Å²) in [5.74, 6) is 0.500. The van der Waals surface area contributed by atoms with Crippen LogP contribution in [0.15, 0.2) is 0 Å². The molecule has 2 heterocycles. The highest BCUT2D eigenvalue weighted by Gasteiger charge is 2.38. The second-order valence-electron chi connectivity index (χ2n) is 5.26. The third-order valence-corrected chi connectivity index (χ3v) is 6.23. The van der Waals surface area contributed by atoms with E-state index in [9.17, 15) is 8.42 Å². The van der Waals surface area contributed by atoms with Crippen molar-refractivity contribution in [2.24, 2.45) is 5.92 Å². The van der Waals surface area contributed by atoms with Crippen molar-refractivity contribution >= 4 is 10.0 Å². The maximum atomic E-state index is 12.4. The lowest BCUT2D eigenvalue weighted by Gasteiger charge is -2.37. The molecule has 2 aliphatic heterocycles. The van der Waals surface area contributed by atoms with Crippen LogP contribution >= 0.6 is 0 Å². The van der Waals surface area contributed by atoms with Crippen LogP contribution < -0.4 is 5.32 Å². The summed E-state index contributed by atoms with van der Waals surface area (Å²) in [5, 5.41) is 2.94. The van der Waals surface area contributed by atoms with E-state index in [1.807, 2.05) is 6.92 Å². The summed E-state index contributed by atoms with van der Waals surface area (Å²) in [6.07, 6.45) is 2.91. The normalized spacial score (nSPS) is 37.8. The lowest BCUT2D eigenvalue weighted by molar-refractivity contribution is 0.216. The fourth-order valence-electron chi connectivity index (χ4n) is 2.68. The zero-order valence-corrected chi connectivity index (χ0v) is 11.0. The molecule has 3 unspecified atom stereocenters. The average molecular weight is 246 g/mol. The minimum absolute atomic E-state index is 0.182. The monoisotopic (exact) mass is 246 g/mol. The molecule has 0 aromatic rings. The molecule has 0 aromatic carbocycles. The Labute approximate surface area is 98.4 Å². The summed E-state index contributed by atoms with van der Waals surface area (Å²) < 4.78 is 26.6. The first-order valence-electron chi connectivity index (χ1n) is 6.23. The van der Waals surface area contributed by atoms with Gasteiger partial charge in [0.1, 0.15) is 0 Å². The van der Waals surface area contributed by atoms with E-state index in [1.54, 1.807) is 4.31 Å². The molecule has 0 aromatic heterocycles. The lowest BCUT2D eigenvalue weighted by atomic mass is 9.97. The minimum Gasteiger partial charge on any atom is -0.315 e. The number of hydrogen-bond acceptors (Lipinski definition) is 3. The van der Waals surface area contributed by atoms with Gasteiger partial charge in [0, 0.05) is 19.1 Å². The van der Waals surface area contributed by atoms with Gasteiger partial charge < -0.3 is 5.32 Å². The Hall–Kier alpha value is -0.130. The molecule has 2 rings (SSSR count). The largest absolute Gasteiger partial charge is 0.315 e. The van der Waals surface area contributed by atoms with Crippen LogP contribution in [0.3, 0.4) is 0 Å². The Morgan fingerprint density at radius 3 is 2.56 bits per heavy atom. The number of hydrogen-bond donors (Lipinski definition) is 1. The zero-order chi connectivity index (χ0) is 11.8. The van der Waals surface area contributed by atoms with Crippen LogP contribution in [0.5, 0.6) is 0 Å². The summed E-state index contributed by atoms with van der Waals surface area (Å²) in [6, 6.07) is 0.182. The molecule has 0 aliphatic carbocycles. The van der Waals surface area contributed by atoms with Crippen LogP contribution in [0.4, 0.5) is 0 Å². The van der Waals surface area contributed by atoms with Crippen molar-refractivity contribution in [2.75, 3.05) is 19.6 Å². The molecule has 5 heteroatoms. The van der Waals surface area contributed by atoms with Crippen LogP contribution in [-0.2, 0) is 10.0 Å². The molecule has 0 amide bonds. The molecule has 0 spiro atoms. The highest BCUT2D eigenvalue weighted by atomic mass is 32.2. The first-order valence-corrected chi connectivity index (χ1v) is 7.73. The Balaban J connectivity index is 2.14. The molecular weight excluding hydrogens is 224 g/mol. The third-order valence-electron chi connectivity index (χ3n) is 3.82. The summed E-state index contributed by atoms with van der Waals surface area (Å²) in [5.41, 5.74) is 0. The van der Waals surface area contributed by atoms with Crippen molar-refractivity contribution in [1.82, 2.24) is 9.62 Å². The molecule has 94 valence electrons. The summed E-state index contributed by atoms with van der Waals surface area (Å²) in [7, 11) is -3.07. The third kappa shape index (κ3) is 2.26. The second kappa shape index (κ2) is 4.63. The van der Waals surface area contributed by atoms with Gasteiger partial charge in [-0.3, -0.25) is 0 Å². The number of rotatable bonds is 2. The second-order valence-corrected chi connectivity index (χ2v) is 7.43. The van der Waals surface area contributed by atoms with E-state index in [0.29, 0.717) is 19.0 Å². The smallest absolute Gasteiger partial charge is 0.218 e. The van der Waals surface area contributed by atoms with Crippen molar-refractivity contribution in [3.8, 4) is 0 Å². The van der Waals surface area contributed by atoms with Crippen LogP contribution in [0.2, 0.25) is 0 Å². The molecular formula is C11H22N2O2S. The van der Waals surface area contributed by atoms with Gasteiger partial charge in [0.05, 0.1) is 5.25 Å². The van der Waals surface area contributed by atoms with E-state index in [-0.39, 0.29) is 11.3 Å². The molecule has 4 nitrogen and oxygen atoms in total. The molecule has 2 saturated heterocycles. The van der Waals surface area contributed by atoms with Gasteiger partial charge >= 0.3 is 0 Å². The molecule has 1 N–H and O–H groups in total.